The zero-order chi connectivity index (χ0) is 10.5. The summed E-state index contributed by atoms with van der Waals surface area (Å²) in [5, 5.41) is 0. The fraction of sp³-hybridized carbons (Fsp3) is 0.800. The molecule has 0 saturated carbocycles. The van der Waals surface area contributed by atoms with E-state index in [1.807, 2.05) is 20.8 Å². The Morgan fingerprint density at radius 1 is 1.46 bits per heavy atom. The Kier molecular flexibility index (Phi) is 4.67. The fourth-order valence-electron chi connectivity index (χ4n) is 1.28. The maximum absolute atomic E-state index is 11.2. The third kappa shape index (κ3) is 5.39. The molecular weight excluding hydrogens is 168 g/mol. The second-order valence-electron chi connectivity index (χ2n) is 4.39. The Bertz CT molecular complexity index is 179. The average Bonchev–Trinajstić information content (AvgIpc) is 2.00. The Hall–Kier alpha value is -0.860. The number of methoxy groups -OCH3 is 1. The quantitative estimate of drug-likeness (QED) is 0.496. The largest absolute Gasteiger partial charge is 0.469 e. The lowest BCUT2D eigenvalue weighted by molar-refractivity contribution is -0.147. The minimum atomic E-state index is -0.290. The van der Waals surface area contributed by atoms with E-state index >= 15 is 0 Å². The molecule has 0 fully saturated rings. The van der Waals surface area contributed by atoms with Gasteiger partial charge in [-0.2, -0.15) is 0 Å². The van der Waals surface area contributed by atoms with E-state index < -0.39 is 0 Å². The molecule has 0 spiro atoms. The van der Waals surface area contributed by atoms with Crippen LogP contribution < -0.4 is 0 Å². The molecular formula is C10H18O3. The van der Waals surface area contributed by atoms with Crippen LogP contribution in [0.3, 0.4) is 0 Å². The first-order valence-electron chi connectivity index (χ1n) is 4.42. The molecule has 3 heteroatoms. The number of ether oxygens (including phenoxy) is 1. The van der Waals surface area contributed by atoms with Crippen molar-refractivity contribution in [3.05, 3.63) is 0 Å². The van der Waals surface area contributed by atoms with E-state index in [2.05, 4.69) is 4.74 Å². The van der Waals surface area contributed by atoms with Crippen molar-refractivity contribution in [2.75, 3.05) is 7.11 Å². The van der Waals surface area contributed by atoms with Gasteiger partial charge in [0.1, 0.15) is 6.29 Å². The van der Waals surface area contributed by atoms with Crippen LogP contribution in [0.15, 0.2) is 0 Å². The number of aldehydes is 1. The van der Waals surface area contributed by atoms with Crippen LogP contribution in [0, 0.1) is 11.3 Å². The van der Waals surface area contributed by atoms with E-state index in [9.17, 15) is 9.59 Å². The highest BCUT2D eigenvalue weighted by molar-refractivity contribution is 5.75. The predicted octanol–water partition coefficient (Wildman–Crippen LogP) is 1.80. The molecule has 0 aromatic heterocycles. The Morgan fingerprint density at radius 2 is 2.00 bits per heavy atom. The summed E-state index contributed by atoms with van der Waals surface area (Å²) in [6, 6.07) is 0. The maximum atomic E-state index is 11.2. The summed E-state index contributed by atoms with van der Waals surface area (Å²) in [7, 11) is 1.35. The van der Waals surface area contributed by atoms with Gasteiger partial charge in [-0.05, 0) is 11.8 Å². The van der Waals surface area contributed by atoms with Gasteiger partial charge in [-0.15, -0.1) is 0 Å². The Morgan fingerprint density at radius 3 is 2.31 bits per heavy atom. The highest BCUT2D eigenvalue weighted by Crippen LogP contribution is 2.26. The van der Waals surface area contributed by atoms with Crippen LogP contribution in [0.1, 0.15) is 33.6 Å². The number of esters is 1. The maximum Gasteiger partial charge on any atom is 0.309 e. The van der Waals surface area contributed by atoms with Crippen molar-refractivity contribution in [3.63, 3.8) is 0 Å². The lowest BCUT2D eigenvalue weighted by Crippen LogP contribution is -2.22. The van der Waals surface area contributed by atoms with Gasteiger partial charge in [0.25, 0.3) is 0 Å². The minimum absolute atomic E-state index is 0.0435. The Balaban J connectivity index is 4.25. The number of rotatable bonds is 4. The molecule has 0 N–H and O–H groups in total. The van der Waals surface area contributed by atoms with E-state index in [1.54, 1.807) is 0 Å². The van der Waals surface area contributed by atoms with Gasteiger partial charge in [0.05, 0.1) is 13.0 Å². The van der Waals surface area contributed by atoms with Crippen LogP contribution in [0.2, 0.25) is 0 Å². The zero-order valence-corrected chi connectivity index (χ0v) is 8.79. The molecule has 1 atom stereocenters. The number of carbonyl (C=O) groups excluding carboxylic acids is 2. The molecule has 0 aromatic carbocycles. The SMILES string of the molecule is COC(=O)[C@H](CC=O)CC(C)(C)C. The van der Waals surface area contributed by atoms with Gasteiger partial charge in [0.15, 0.2) is 0 Å². The van der Waals surface area contributed by atoms with E-state index in [0.29, 0.717) is 6.42 Å². The van der Waals surface area contributed by atoms with Gasteiger partial charge in [-0.25, -0.2) is 0 Å². The molecule has 0 radical (unpaired) electrons. The summed E-state index contributed by atoms with van der Waals surface area (Å²) in [5.74, 6) is -0.579. The summed E-state index contributed by atoms with van der Waals surface area (Å²) < 4.78 is 4.61. The second-order valence-corrected chi connectivity index (χ2v) is 4.39. The van der Waals surface area contributed by atoms with Crippen molar-refractivity contribution in [3.8, 4) is 0 Å². The predicted molar refractivity (Wildman–Crippen MR) is 50.3 cm³/mol. The van der Waals surface area contributed by atoms with Gasteiger partial charge in [-0.1, -0.05) is 20.8 Å². The summed E-state index contributed by atoms with van der Waals surface area (Å²) in [6.45, 7) is 6.11. The fourth-order valence-corrected chi connectivity index (χ4v) is 1.28. The number of hydrogen-bond acceptors (Lipinski definition) is 3. The Labute approximate surface area is 79.5 Å². The third-order valence-corrected chi connectivity index (χ3v) is 1.77. The molecule has 0 amide bonds. The molecule has 13 heavy (non-hydrogen) atoms. The summed E-state index contributed by atoms with van der Waals surface area (Å²) in [4.78, 5) is 21.5. The first kappa shape index (κ1) is 12.1. The smallest absolute Gasteiger partial charge is 0.309 e. The minimum Gasteiger partial charge on any atom is -0.469 e. The molecule has 0 aliphatic heterocycles. The number of hydrogen-bond donors (Lipinski definition) is 0. The first-order chi connectivity index (χ1) is 5.90. The molecule has 0 aliphatic rings. The van der Waals surface area contributed by atoms with E-state index in [1.165, 1.54) is 7.11 Å². The second kappa shape index (κ2) is 5.00. The highest BCUT2D eigenvalue weighted by Gasteiger charge is 2.24. The van der Waals surface area contributed by atoms with Crippen LogP contribution in [-0.2, 0) is 14.3 Å². The lowest BCUT2D eigenvalue weighted by atomic mass is 9.83. The third-order valence-electron chi connectivity index (χ3n) is 1.77. The lowest BCUT2D eigenvalue weighted by Gasteiger charge is -2.22. The van der Waals surface area contributed by atoms with Crippen molar-refractivity contribution in [2.24, 2.45) is 11.3 Å². The summed E-state index contributed by atoms with van der Waals surface area (Å²) >= 11 is 0. The van der Waals surface area contributed by atoms with Gasteiger partial charge < -0.3 is 9.53 Å². The van der Waals surface area contributed by atoms with Crippen molar-refractivity contribution in [1.82, 2.24) is 0 Å². The molecule has 0 bridgehead atoms. The normalized spacial score (nSPS) is 13.5. The molecule has 76 valence electrons. The molecule has 0 saturated heterocycles. The van der Waals surface area contributed by atoms with Gasteiger partial charge >= 0.3 is 5.97 Å². The highest BCUT2D eigenvalue weighted by atomic mass is 16.5. The van der Waals surface area contributed by atoms with Crippen LogP contribution in [0.25, 0.3) is 0 Å². The molecule has 0 aliphatic carbocycles. The molecule has 0 heterocycles. The van der Waals surface area contributed by atoms with Crippen molar-refractivity contribution >= 4 is 12.3 Å². The van der Waals surface area contributed by atoms with Gasteiger partial charge in [0, 0.05) is 6.42 Å². The first-order valence-corrected chi connectivity index (χ1v) is 4.42. The zero-order valence-electron chi connectivity index (χ0n) is 8.79. The summed E-state index contributed by atoms with van der Waals surface area (Å²) in [6.07, 6.45) is 1.70. The molecule has 0 rings (SSSR count). The molecule has 0 unspecified atom stereocenters. The van der Waals surface area contributed by atoms with Crippen molar-refractivity contribution in [2.45, 2.75) is 33.6 Å². The topological polar surface area (TPSA) is 43.4 Å². The monoisotopic (exact) mass is 186 g/mol. The van der Waals surface area contributed by atoms with Gasteiger partial charge in [0.2, 0.25) is 0 Å². The number of carbonyl (C=O) groups is 2. The van der Waals surface area contributed by atoms with Gasteiger partial charge in [-0.3, -0.25) is 4.79 Å². The van der Waals surface area contributed by atoms with Crippen molar-refractivity contribution < 1.29 is 14.3 Å². The van der Waals surface area contributed by atoms with Crippen LogP contribution in [-0.4, -0.2) is 19.4 Å². The van der Waals surface area contributed by atoms with Crippen LogP contribution in [0.4, 0.5) is 0 Å². The van der Waals surface area contributed by atoms with E-state index in [4.69, 9.17) is 0 Å². The standard InChI is InChI=1S/C10H18O3/c1-10(2,3)7-8(5-6-11)9(12)13-4/h6,8H,5,7H2,1-4H3/t8-/m1/s1. The van der Waals surface area contributed by atoms with Crippen LogP contribution in [0.5, 0.6) is 0 Å². The summed E-state index contributed by atoms with van der Waals surface area (Å²) in [5.41, 5.74) is 0.0435. The molecule has 3 nitrogen and oxygen atoms in total. The van der Waals surface area contributed by atoms with Crippen LogP contribution >= 0.6 is 0 Å². The van der Waals surface area contributed by atoms with Crippen molar-refractivity contribution in [1.29, 1.82) is 0 Å². The van der Waals surface area contributed by atoms with E-state index in [-0.39, 0.29) is 23.7 Å². The molecule has 0 aromatic rings. The van der Waals surface area contributed by atoms with E-state index in [0.717, 1.165) is 6.29 Å². The average molecular weight is 186 g/mol.